The lowest BCUT2D eigenvalue weighted by Gasteiger charge is -2.08. The van der Waals surface area contributed by atoms with E-state index in [1.54, 1.807) is 19.3 Å². The summed E-state index contributed by atoms with van der Waals surface area (Å²) in [4.78, 5) is 15.9. The number of anilines is 1. The van der Waals surface area contributed by atoms with Gasteiger partial charge in [-0.1, -0.05) is 0 Å². The van der Waals surface area contributed by atoms with E-state index < -0.39 is 0 Å². The van der Waals surface area contributed by atoms with Crippen molar-refractivity contribution in [2.45, 2.75) is 13.5 Å². The van der Waals surface area contributed by atoms with Crippen LogP contribution in [0.25, 0.3) is 0 Å². The first-order chi connectivity index (χ1) is 8.70. The van der Waals surface area contributed by atoms with Gasteiger partial charge in [-0.3, -0.25) is 9.78 Å². The lowest BCUT2D eigenvalue weighted by atomic mass is 10.2. The summed E-state index contributed by atoms with van der Waals surface area (Å²) in [5.74, 6) is 1.38. The highest BCUT2D eigenvalue weighted by Gasteiger charge is 2.10. The molecule has 1 amide bonds. The fourth-order valence-corrected chi connectivity index (χ4v) is 1.64. The Hall–Kier alpha value is -2.30. The van der Waals surface area contributed by atoms with Crippen molar-refractivity contribution in [3.63, 3.8) is 0 Å². The van der Waals surface area contributed by atoms with Crippen LogP contribution in [0.15, 0.2) is 35.0 Å². The Morgan fingerprint density at radius 3 is 2.89 bits per heavy atom. The molecular weight excluding hydrogens is 230 g/mol. The van der Waals surface area contributed by atoms with Gasteiger partial charge in [0.25, 0.3) is 5.91 Å². The Labute approximate surface area is 105 Å². The van der Waals surface area contributed by atoms with Crippen molar-refractivity contribution in [3.05, 3.63) is 47.7 Å². The molecular formula is C13H15N3O2. The fourth-order valence-electron chi connectivity index (χ4n) is 1.64. The predicted octanol–water partition coefficient (Wildman–Crippen LogP) is 1.95. The predicted molar refractivity (Wildman–Crippen MR) is 68.4 cm³/mol. The van der Waals surface area contributed by atoms with Gasteiger partial charge in [0, 0.05) is 25.1 Å². The van der Waals surface area contributed by atoms with Crippen LogP contribution in [0.4, 0.5) is 5.69 Å². The average Bonchev–Trinajstić information content (AvgIpc) is 2.81. The van der Waals surface area contributed by atoms with E-state index in [9.17, 15) is 4.79 Å². The highest BCUT2D eigenvalue weighted by Crippen LogP contribution is 2.12. The number of aryl methyl sites for hydroxylation is 1. The first kappa shape index (κ1) is 12.2. The summed E-state index contributed by atoms with van der Waals surface area (Å²) >= 11 is 0. The topological polar surface area (TPSA) is 67.2 Å². The molecule has 0 bridgehead atoms. The Balaban J connectivity index is 2.03. The van der Waals surface area contributed by atoms with E-state index in [4.69, 9.17) is 4.42 Å². The molecule has 0 aliphatic heterocycles. The van der Waals surface area contributed by atoms with Crippen molar-refractivity contribution in [3.8, 4) is 0 Å². The molecule has 0 aliphatic carbocycles. The minimum Gasteiger partial charge on any atom is -0.465 e. The summed E-state index contributed by atoms with van der Waals surface area (Å²) in [6.07, 6.45) is 3.17. The first-order valence-electron chi connectivity index (χ1n) is 5.66. The Morgan fingerprint density at radius 2 is 2.22 bits per heavy atom. The number of pyridine rings is 1. The second-order valence-electron chi connectivity index (χ2n) is 3.87. The lowest BCUT2D eigenvalue weighted by Crippen LogP contribution is -2.23. The summed E-state index contributed by atoms with van der Waals surface area (Å²) in [6.45, 7) is 2.23. The molecule has 2 heterocycles. The largest absolute Gasteiger partial charge is 0.465 e. The Morgan fingerprint density at radius 1 is 1.39 bits per heavy atom. The summed E-state index contributed by atoms with van der Waals surface area (Å²) in [7, 11) is 1.77. The zero-order valence-corrected chi connectivity index (χ0v) is 10.4. The summed E-state index contributed by atoms with van der Waals surface area (Å²) < 4.78 is 5.38. The molecule has 0 aliphatic rings. The van der Waals surface area contributed by atoms with E-state index in [-0.39, 0.29) is 5.91 Å². The number of carbonyl (C=O) groups excluding carboxylic acids is 1. The molecule has 18 heavy (non-hydrogen) atoms. The van der Waals surface area contributed by atoms with Gasteiger partial charge in [-0.2, -0.15) is 0 Å². The van der Waals surface area contributed by atoms with Crippen LogP contribution in [-0.2, 0) is 6.54 Å². The van der Waals surface area contributed by atoms with Crippen LogP contribution in [0.5, 0.6) is 0 Å². The van der Waals surface area contributed by atoms with E-state index >= 15 is 0 Å². The molecule has 0 aromatic carbocycles. The van der Waals surface area contributed by atoms with E-state index in [1.807, 2.05) is 19.1 Å². The Bertz CT molecular complexity index is 549. The molecule has 2 N–H and O–H groups in total. The summed E-state index contributed by atoms with van der Waals surface area (Å²) in [5.41, 5.74) is 1.27. The van der Waals surface area contributed by atoms with Gasteiger partial charge in [0.05, 0.1) is 12.1 Å². The molecule has 0 radical (unpaired) electrons. The summed E-state index contributed by atoms with van der Waals surface area (Å²) in [5, 5.41) is 5.75. The molecule has 2 aromatic heterocycles. The third-order valence-electron chi connectivity index (χ3n) is 2.55. The van der Waals surface area contributed by atoms with E-state index in [0.717, 1.165) is 17.2 Å². The molecule has 2 aromatic rings. The van der Waals surface area contributed by atoms with Crippen molar-refractivity contribution < 1.29 is 9.21 Å². The van der Waals surface area contributed by atoms with E-state index in [1.165, 1.54) is 6.20 Å². The molecule has 94 valence electrons. The van der Waals surface area contributed by atoms with Crippen LogP contribution in [0, 0.1) is 6.92 Å². The number of hydrogen-bond donors (Lipinski definition) is 2. The minimum atomic E-state index is -0.179. The number of hydrogen-bond acceptors (Lipinski definition) is 4. The van der Waals surface area contributed by atoms with Crippen molar-refractivity contribution >= 4 is 11.6 Å². The third-order valence-corrected chi connectivity index (χ3v) is 2.55. The van der Waals surface area contributed by atoms with Crippen molar-refractivity contribution in [1.29, 1.82) is 0 Å². The number of carbonyl (C=O) groups is 1. The zero-order valence-electron chi connectivity index (χ0n) is 10.4. The maximum atomic E-state index is 12.0. The van der Waals surface area contributed by atoms with Crippen LogP contribution >= 0.6 is 0 Å². The number of nitrogens with one attached hydrogen (secondary N) is 2. The van der Waals surface area contributed by atoms with Crippen molar-refractivity contribution in [2.75, 3.05) is 12.4 Å². The van der Waals surface area contributed by atoms with Crippen LogP contribution in [0.2, 0.25) is 0 Å². The normalized spacial score (nSPS) is 10.1. The number of nitrogens with zero attached hydrogens (tertiary/aromatic N) is 1. The van der Waals surface area contributed by atoms with Crippen LogP contribution < -0.4 is 10.6 Å². The van der Waals surface area contributed by atoms with Gasteiger partial charge >= 0.3 is 0 Å². The number of rotatable bonds is 4. The van der Waals surface area contributed by atoms with E-state index in [2.05, 4.69) is 15.6 Å². The molecule has 0 spiro atoms. The highest BCUT2D eigenvalue weighted by atomic mass is 16.3. The van der Waals surface area contributed by atoms with Gasteiger partial charge in [-0.05, 0) is 25.1 Å². The van der Waals surface area contributed by atoms with Gasteiger partial charge in [-0.25, -0.2) is 0 Å². The van der Waals surface area contributed by atoms with Crippen molar-refractivity contribution in [2.24, 2.45) is 0 Å². The number of aromatic nitrogens is 1. The second-order valence-corrected chi connectivity index (χ2v) is 3.87. The molecule has 2 rings (SSSR count). The SMILES string of the molecule is CNc1ccncc1C(=O)NCc1ccc(C)o1. The average molecular weight is 245 g/mol. The maximum Gasteiger partial charge on any atom is 0.255 e. The van der Waals surface area contributed by atoms with Crippen molar-refractivity contribution in [1.82, 2.24) is 10.3 Å². The van der Waals surface area contributed by atoms with Gasteiger partial charge in [0.2, 0.25) is 0 Å². The molecule has 0 saturated carbocycles. The lowest BCUT2D eigenvalue weighted by molar-refractivity contribution is 0.0948. The monoisotopic (exact) mass is 245 g/mol. The maximum absolute atomic E-state index is 12.0. The van der Waals surface area contributed by atoms with Gasteiger partial charge in [0.15, 0.2) is 0 Å². The summed E-state index contributed by atoms with van der Waals surface area (Å²) in [6, 6.07) is 5.47. The first-order valence-corrected chi connectivity index (χ1v) is 5.66. The molecule has 0 fully saturated rings. The third kappa shape index (κ3) is 2.68. The molecule has 0 atom stereocenters. The van der Waals surface area contributed by atoms with Crippen LogP contribution in [-0.4, -0.2) is 17.9 Å². The van der Waals surface area contributed by atoms with Crippen LogP contribution in [0.1, 0.15) is 21.9 Å². The smallest absolute Gasteiger partial charge is 0.255 e. The second kappa shape index (κ2) is 5.35. The van der Waals surface area contributed by atoms with E-state index in [0.29, 0.717) is 12.1 Å². The minimum absolute atomic E-state index is 0.179. The molecule has 5 heteroatoms. The fraction of sp³-hybridized carbons (Fsp3) is 0.231. The number of amides is 1. The molecule has 0 saturated heterocycles. The Kier molecular flexibility index (Phi) is 3.62. The standard InChI is InChI=1S/C13H15N3O2/c1-9-3-4-10(18-9)7-16-13(17)11-8-15-6-5-12(11)14-2/h3-6,8H,7H2,1-2H3,(H,14,15)(H,16,17). The zero-order chi connectivity index (χ0) is 13.0. The van der Waals surface area contributed by atoms with Gasteiger partial charge in [-0.15, -0.1) is 0 Å². The highest BCUT2D eigenvalue weighted by molar-refractivity contribution is 5.99. The van der Waals surface area contributed by atoms with Gasteiger partial charge in [0.1, 0.15) is 11.5 Å². The number of furan rings is 1. The van der Waals surface area contributed by atoms with Crippen LogP contribution in [0.3, 0.4) is 0 Å². The van der Waals surface area contributed by atoms with Gasteiger partial charge < -0.3 is 15.1 Å². The quantitative estimate of drug-likeness (QED) is 0.864. The molecule has 5 nitrogen and oxygen atoms in total. The molecule has 0 unspecified atom stereocenters.